The SMILES string of the molecule is CC(N)CCOc1ccccc1Br. The van der Waals surface area contributed by atoms with E-state index in [1.54, 1.807) is 0 Å². The molecule has 0 bridgehead atoms. The molecular formula is C10H14BrNO. The molecule has 0 heterocycles. The molecule has 0 saturated carbocycles. The van der Waals surface area contributed by atoms with Crippen LogP contribution in [0.3, 0.4) is 0 Å². The van der Waals surface area contributed by atoms with Crippen LogP contribution in [0.2, 0.25) is 0 Å². The zero-order valence-corrected chi connectivity index (χ0v) is 9.25. The predicted molar refractivity (Wildman–Crippen MR) is 57.9 cm³/mol. The molecule has 2 nitrogen and oxygen atoms in total. The van der Waals surface area contributed by atoms with Crippen LogP contribution >= 0.6 is 15.9 Å². The topological polar surface area (TPSA) is 35.2 Å². The highest BCUT2D eigenvalue weighted by Gasteiger charge is 1.99. The van der Waals surface area contributed by atoms with Gasteiger partial charge in [-0.1, -0.05) is 12.1 Å². The van der Waals surface area contributed by atoms with E-state index in [-0.39, 0.29) is 6.04 Å². The van der Waals surface area contributed by atoms with Crippen molar-refractivity contribution in [1.29, 1.82) is 0 Å². The summed E-state index contributed by atoms with van der Waals surface area (Å²) in [4.78, 5) is 0. The van der Waals surface area contributed by atoms with Gasteiger partial charge in [0.2, 0.25) is 0 Å². The van der Waals surface area contributed by atoms with Crippen LogP contribution in [0.25, 0.3) is 0 Å². The van der Waals surface area contributed by atoms with E-state index < -0.39 is 0 Å². The number of para-hydroxylation sites is 1. The molecule has 1 aromatic rings. The van der Waals surface area contributed by atoms with Gasteiger partial charge in [0.1, 0.15) is 5.75 Å². The van der Waals surface area contributed by atoms with Gasteiger partial charge in [-0.05, 0) is 41.4 Å². The van der Waals surface area contributed by atoms with Crippen LogP contribution in [0, 0.1) is 0 Å². The Morgan fingerprint density at radius 2 is 2.15 bits per heavy atom. The average Bonchev–Trinajstić information content (AvgIpc) is 2.08. The van der Waals surface area contributed by atoms with E-state index in [0.717, 1.165) is 16.6 Å². The van der Waals surface area contributed by atoms with Gasteiger partial charge < -0.3 is 10.5 Å². The van der Waals surface area contributed by atoms with Gasteiger partial charge in [0.05, 0.1) is 11.1 Å². The molecule has 0 aliphatic heterocycles. The molecule has 0 saturated heterocycles. The standard InChI is InChI=1S/C10H14BrNO/c1-8(12)6-7-13-10-5-3-2-4-9(10)11/h2-5,8H,6-7,12H2,1H3. The van der Waals surface area contributed by atoms with Gasteiger partial charge in [0, 0.05) is 6.04 Å². The van der Waals surface area contributed by atoms with Gasteiger partial charge in [-0.2, -0.15) is 0 Å². The number of hydrogen-bond donors (Lipinski definition) is 1. The number of benzene rings is 1. The molecule has 0 aliphatic carbocycles. The summed E-state index contributed by atoms with van der Waals surface area (Å²) in [5.74, 6) is 0.878. The molecule has 0 fully saturated rings. The third kappa shape index (κ3) is 3.79. The summed E-state index contributed by atoms with van der Waals surface area (Å²) in [5.41, 5.74) is 5.60. The predicted octanol–water partition coefficient (Wildman–Crippen LogP) is 2.57. The van der Waals surface area contributed by atoms with Gasteiger partial charge in [-0.15, -0.1) is 0 Å². The number of ether oxygens (including phenoxy) is 1. The van der Waals surface area contributed by atoms with Gasteiger partial charge in [0.15, 0.2) is 0 Å². The molecule has 1 atom stereocenters. The van der Waals surface area contributed by atoms with Gasteiger partial charge in [-0.3, -0.25) is 0 Å². The molecule has 0 radical (unpaired) electrons. The van der Waals surface area contributed by atoms with E-state index in [9.17, 15) is 0 Å². The van der Waals surface area contributed by atoms with Crippen molar-refractivity contribution in [2.45, 2.75) is 19.4 Å². The normalized spacial score (nSPS) is 12.5. The minimum atomic E-state index is 0.197. The Labute approximate surface area is 87.2 Å². The maximum Gasteiger partial charge on any atom is 0.133 e. The van der Waals surface area contributed by atoms with Crippen LogP contribution in [0.4, 0.5) is 0 Å². The summed E-state index contributed by atoms with van der Waals surface area (Å²) in [7, 11) is 0. The number of hydrogen-bond acceptors (Lipinski definition) is 2. The maximum atomic E-state index is 5.60. The first-order chi connectivity index (χ1) is 6.20. The molecule has 0 aromatic heterocycles. The Hall–Kier alpha value is -0.540. The Morgan fingerprint density at radius 1 is 1.46 bits per heavy atom. The maximum absolute atomic E-state index is 5.60. The van der Waals surface area contributed by atoms with E-state index in [1.165, 1.54) is 0 Å². The summed E-state index contributed by atoms with van der Waals surface area (Å²) >= 11 is 3.41. The Balaban J connectivity index is 2.41. The average molecular weight is 244 g/mol. The van der Waals surface area contributed by atoms with E-state index in [0.29, 0.717) is 6.61 Å². The van der Waals surface area contributed by atoms with Crippen molar-refractivity contribution in [1.82, 2.24) is 0 Å². The van der Waals surface area contributed by atoms with Crippen molar-refractivity contribution in [2.24, 2.45) is 5.73 Å². The van der Waals surface area contributed by atoms with Crippen molar-refractivity contribution in [3.63, 3.8) is 0 Å². The quantitative estimate of drug-likeness (QED) is 0.883. The summed E-state index contributed by atoms with van der Waals surface area (Å²) in [6, 6.07) is 8.00. The third-order valence-electron chi connectivity index (χ3n) is 1.67. The van der Waals surface area contributed by atoms with Crippen molar-refractivity contribution in [2.75, 3.05) is 6.61 Å². The van der Waals surface area contributed by atoms with Crippen LogP contribution < -0.4 is 10.5 Å². The van der Waals surface area contributed by atoms with Crippen molar-refractivity contribution in [3.8, 4) is 5.75 Å². The Bertz CT molecular complexity index is 263. The lowest BCUT2D eigenvalue weighted by Gasteiger charge is -2.09. The van der Waals surface area contributed by atoms with Crippen molar-refractivity contribution < 1.29 is 4.74 Å². The molecule has 2 N–H and O–H groups in total. The lowest BCUT2D eigenvalue weighted by Crippen LogP contribution is -2.18. The fourth-order valence-corrected chi connectivity index (χ4v) is 1.32. The van der Waals surface area contributed by atoms with Crippen LogP contribution in [-0.2, 0) is 0 Å². The second-order valence-corrected chi connectivity index (χ2v) is 3.90. The van der Waals surface area contributed by atoms with Crippen LogP contribution in [0.15, 0.2) is 28.7 Å². The largest absolute Gasteiger partial charge is 0.492 e. The van der Waals surface area contributed by atoms with Gasteiger partial charge in [0.25, 0.3) is 0 Å². The first kappa shape index (κ1) is 10.5. The minimum absolute atomic E-state index is 0.197. The van der Waals surface area contributed by atoms with E-state index >= 15 is 0 Å². The minimum Gasteiger partial charge on any atom is -0.492 e. The number of halogens is 1. The highest BCUT2D eigenvalue weighted by molar-refractivity contribution is 9.10. The van der Waals surface area contributed by atoms with Gasteiger partial charge >= 0.3 is 0 Å². The zero-order valence-electron chi connectivity index (χ0n) is 7.66. The monoisotopic (exact) mass is 243 g/mol. The smallest absolute Gasteiger partial charge is 0.133 e. The van der Waals surface area contributed by atoms with E-state index in [2.05, 4.69) is 15.9 Å². The highest BCUT2D eigenvalue weighted by atomic mass is 79.9. The molecular weight excluding hydrogens is 230 g/mol. The number of rotatable bonds is 4. The molecule has 1 aromatic carbocycles. The molecule has 1 rings (SSSR count). The second kappa shape index (κ2) is 5.25. The number of nitrogens with two attached hydrogens (primary N) is 1. The lowest BCUT2D eigenvalue weighted by atomic mass is 10.3. The summed E-state index contributed by atoms with van der Waals surface area (Å²) in [6.07, 6.45) is 0.876. The molecule has 13 heavy (non-hydrogen) atoms. The fourth-order valence-electron chi connectivity index (χ4n) is 0.917. The molecule has 0 aliphatic rings. The van der Waals surface area contributed by atoms with Crippen LogP contribution in [0.1, 0.15) is 13.3 Å². The van der Waals surface area contributed by atoms with Gasteiger partial charge in [-0.25, -0.2) is 0 Å². The zero-order chi connectivity index (χ0) is 9.68. The highest BCUT2D eigenvalue weighted by Crippen LogP contribution is 2.23. The van der Waals surface area contributed by atoms with Crippen molar-refractivity contribution in [3.05, 3.63) is 28.7 Å². The summed E-state index contributed by atoms with van der Waals surface area (Å²) in [5, 5.41) is 0. The van der Waals surface area contributed by atoms with E-state index in [1.807, 2.05) is 31.2 Å². The third-order valence-corrected chi connectivity index (χ3v) is 2.32. The Kier molecular flexibility index (Phi) is 4.25. The van der Waals surface area contributed by atoms with Crippen LogP contribution in [-0.4, -0.2) is 12.6 Å². The molecule has 1 unspecified atom stereocenters. The van der Waals surface area contributed by atoms with Crippen molar-refractivity contribution >= 4 is 15.9 Å². The first-order valence-electron chi connectivity index (χ1n) is 4.33. The summed E-state index contributed by atoms with van der Waals surface area (Å²) in [6.45, 7) is 2.64. The van der Waals surface area contributed by atoms with E-state index in [4.69, 9.17) is 10.5 Å². The molecule has 0 amide bonds. The van der Waals surface area contributed by atoms with Crippen LogP contribution in [0.5, 0.6) is 5.75 Å². The molecule has 0 spiro atoms. The lowest BCUT2D eigenvalue weighted by molar-refractivity contribution is 0.299. The Morgan fingerprint density at radius 3 is 2.77 bits per heavy atom. The fraction of sp³-hybridized carbons (Fsp3) is 0.400. The molecule has 3 heteroatoms. The molecule has 72 valence electrons. The first-order valence-corrected chi connectivity index (χ1v) is 5.12. The summed E-state index contributed by atoms with van der Waals surface area (Å²) < 4.78 is 6.51. The second-order valence-electron chi connectivity index (χ2n) is 3.04.